The second-order valence-corrected chi connectivity index (χ2v) is 4.94. The normalized spacial score (nSPS) is 10.9. The van der Waals surface area contributed by atoms with E-state index >= 15 is 0 Å². The lowest BCUT2D eigenvalue weighted by Gasteiger charge is -2.10. The van der Waals surface area contributed by atoms with Gasteiger partial charge in [0.1, 0.15) is 5.82 Å². The van der Waals surface area contributed by atoms with Gasteiger partial charge in [0, 0.05) is 38.4 Å². The number of rotatable bonds is 5. The average molecular weight is 261 g/mol. The summed E-state index contributed by atoms with van der Waals surface area (Å²) in [7, 11) is 1.92. The van der Waals surface area contributed by atoms with Gasteiger partial charge >= 0.3 is 0 Å². The molecular formula is C13H19N5O. The molecule has 0 amide bonds. The molecule has 0 unspecified atom stereocenters. The lowest BCUT2D eigenvalue weighted by Crippen LogP contribution is -2.26. The van der Waals surface area contributed by atoms with Crippen LogP contribution in [0.4, 0.5) is 5.82 Å². The van der Waals surface area contributed by atoms with Crippen molar-refractivity contribution in [3.8, 4) is 0 Å². The molecular weight excluding hydrogens is 242 g/mol. The first-order valence-electron chi connectivity index (χ1n) is 6.33. The summed E-state index contributed by atoms with van der Waals surface area (Å²) in [6.45, 7) is 5.33. The molecule has 102 valence electrons. The van der Waals surface area contributed by atoms with E-state index in [2.05, 4.69) is 29.1 Å². The first kappa shape index (κ1) is 13.3. The standard InChI is InChI=1S/C13H19N5O/c1-10(2)9-18-7-5-15-12(13(18)19)16-8-11-14-4-6-17(11)3/h4-7,10H,8-9H2,1-3H3,(H,15,16). The molecule has 6 nitrogen and oxygen atoms in total. The predicted octanol–water partition coefficient (Wildman–Crippen LogP) is 1.24. The van der Waals surface area contributed by atoms with Gasteiger partial charge in [-0.15, -0.1) is 0 Å². The molecule has 1 N–H and O–H groups in total. The fraction of sp³-hybridized carbons (Fsp3) is 0.462. The monoisotopic (exact) mass is 261 g/mol. The molecule has 0 atom stereocenters. The van der Waals surface area contributed by atoms with Crippen LogP contribution in [0.25, 0.3) is 0 Å². The van der Waals surface area contributed by atoms with E-state index in [0.29, 0.717) is 24.8 Å². The van der Waals surface area contributed by atoms with Gasteiger partial charge in [-0.1, -0.05) is 13.8 Å². The summed E-state index contributed by atoms with van der Waals surface area (Å²) in [5.74, 6) is 1.65. The van der Waals surface area contributed by atoms with Gasteiger partial charge in [0.15, 0.2) is 5.82 Å². The van der Waals surface area contributed by atoms with Crippen LogP contribution in [0.5, 0.6) is 0 Å². The summed E-state index contributed by atoms with van der Waals surface area (Å²) in [4.78, 5) is 20.4. The molecule has 2 aromatic heterocycles. The SMILES string of the molecule is CC(C)Cn1ccnc(NCc2nccn2C)c1=O. The van der Waals surface area contributed by atoms with Crippen molar-refractivity contribution in [2.45, 2.75) is 26.9 Å². The minimum Gasteiger partial charge on any atom is -0.358 e. The van der Waals surface area contributed by atoms with Crippen LogP contribution in [0.2, 0.25) is 0 Å². The Kier molecular flexibility index (Phi) is 3.99. The van der Waals surface area contributed by atoms with Gasteiger partial charge in [0.25, 0.3) is 5.56 Å². The van der Waals surface area contributed by atoms with Crippen LogP contribution in [-0.2, 0) is 20.1 Å². The summed E-state index contributed by atoms with van der Waals surface area (Å²) in [6, 6.07) is 0. The zero-order chi connectivity index (χ0) is 13.8. The molecule has 2 aromatic rings. The number of aromatic nitrogens is 4. The number of imidazole rings is 1. The maximum Gasteiger partial charge on any atom is 0.293 e. The quantitative estimate of drug-likeness (QED) is 0.879. The van der Waals surface area contributed by atoms with E-state index in [9.17, 15) is 4.79 Å². The minimum atomic E-state index is -0.0922. The number of hydrogen-bond acceptors (Lipinski definition) is 4. The molecule has 0 radical (unpaired) electrons. The molecule has 0 saturated carbocycles. The minimum absolute atomic E-state index is 0.0922. The average Bonchev–Trinajstić information content (AvgIpc) is 2.76. The highest BCUT2D eigenvalue weighted by molar-refractivity contribution is 5.31. The van der Waals surface area contributed by atoms with Gasteiger partial charge in [-0.05, 0) is 5.92 Å². The van der Waals surface area contributed by atoms with Crippen LogP contribution < -0.4 is 10.9 Å². The number of hydrogen-bond donors (Lipinski definition) is 1. The van der Waals surface area contributed by atoms with E-state index in [1.165, 1.54) is 0 Å². The number of nitrogens with zero attached hydrogens (tertiary/aromatic N) is 4. The number of anilines is 1. The Labute approximate surface area is 112 Å². The van der Waals surface area contributed by atoms with E-state index in [-0.39, 0.29) is 5.56 Å². The molecule has 0 aromatic carbocycles. The molecule has 0 saturated heterocycles. The maximum absolute atomic E-state index is 12.2. The van der Waals surface area contributed by atoms with Gasteiger partial charge in [0.2, 0.25) is 0 Å². The van der Waals surface area contributed by atoms with Crippen molar-refractivity contribution in [3.05, 3.63) is 41.0 Å². The van der Waals surface area contributed by atoms with Crippen LogP contribution in [0.15, 0.2) is 29.6 Å². The van der Waals surface area contributed by atoms with Gasteiger partial charge < -0.3 is 14.5 Å². The Morgan fingerprint density at radius 2 is 2.00 bits per heavy atom. The van der Waals surface area contributed by atoms with Crippen LogP contribution >= 0.6 is 0 Å². The van der Waals surface area contributed by atoms with Crippen molar-refractivity contribution < 1.29 is 0 Å². The van der Waals surface area contributed by atoms with E-state index in [4.69, 9.17) is 0 Å². The van der Waals surface area contributed by atoms with Crippen molar-refractivity contribution in [1.82, 2.24) is 19.1 Å². The first-order chi connectivity index (χ1) is 9.08. The largest absolute Gasteiger partial charge is 0.358 e. The second-order valence-electron chi connectivity index (χ2n) is 4.94. The third-order valence-electron chi connectivity index (χ3n) is 2.81. The van der Waals surface area contributed by atoms with E-state index in [1.54, 1.807) is 23.2 Å². The number of nitrogens with one attached hydrogen (secondary N) is 1. The summed E-state index contributed by atoms with van der Waals surface area (Å²) in [5.41, 5.74) is -0.0922. The lowest BCUT2D eigenvalue weighted by atomic mass is 10.2. The number of aryl methyl sites for hydroxylation is 1. The highest BCUT2D eigenvalue weighted by Crippen LogP contribution is 2.01. The molecule has 0 aliphatic carbocycles. The lowest BCUT2D eigenvalue weighted by molar-refractivity contribution is 0.509. The summed E-state index contributed by atoms with van der Waals surface area (Å²) in [5, 5.41) is 3.04. The molecule has 6 heteroatoms. The van der Waals surface area contributed by atoms with Crippen molar-refractivity contribution in [3.63, 3.8) is 0 Å². The topological polar surface area (TPSA) is 64.7 Å². The van der Waals surface area contributed by atoms with Gasteiger partial charge in [-0.2, -0.15) is 0 Å². The summed E-state index contributed by atoms with van der Waals surface area (Å²) >= 11 is 0. The highest BCUT2D eigenvalue weighted by Gasteiger charge is 2.07. The first-order valence-corrected chi connectivity index (χ1v) is 6.33. The van der Waals surface area contributed by atoms with Gasteiger partial charge in [0.05, 0.1) is 6.54 Å². The van der Waals surface area contributed by atoms with Crippen molar-refractivity contribution in [1.29, 1.82) is 0 Å². The Bertz CT molecular complexity index is 599. The van der Waals surface area contributed by atoms with E-state index in [1.807, 2.05) is 17.8 Å². The molecule has 19 heavy (non-hydrogen) atoms. The highest BCUT2D eigenvalue weighted by atomic mass is 16.1. The van der Waals surface area contributed by atoms with Crippen molar-refractivity contribution in [2.24, 2.45) is 13.0 Å². The van der Waals surface area contributed by atoms with Crippen molar-refractivity contribution in [2.75, 3.05) is 5.32 Å². The van der Waals surface area contributed by atoms with E-state index < -0.39 is 0 Å². The third-order valence-corrected chi connectivity index (χ3v) is 2.81. The zero-order valence-corrected chi connectivity index (χ0v) is 11.5. The molecule has 0 aliphatic rings. The summed E-state index contributed by atoms with van der Waals surface area (Å²) < 4.78 is 3.58. The molecule has 0 fully saturated rings. The van der Waals surface area contributed by atoms with Crippen LogP contribution in [-0.4, -0.2) is 19.1 Å². The summed E-state index contributed by atoms with van der Waals surface area (Å²) in [6.07, 6.45) is 6.96. The molecule has 0 spiro atoms. The molecule has 0 aliphatic heterocycles. The Morgan fingerprint density at radius 1 is 1.26 bits per heavy atom. The Hall–Kier alpha value is -2.11. The van der Waals surface area contributed by atoms with Gasteiger partial charge in [-0.3, -0.25) is 4.79 Å². The Morgan fingerprint density at radius 3 is 2.63 bits per heavy atom. The van der Waals surface area contributed by atoms with Crippen molar-refractivity contribution >= 4 is 5.82 Å². The molecule has 0 bridgehead atoms. The fourth-order valence-corrected chi connectivity index (χ4v) is 1.84. The van der Waals surface area contributed by atoms with Crippen LogP contribution in [0.1, 0.15) is 19.7 Å². The maximum atomic E-state index is 12.2. The third kappa shape index (κ3) is 3.21. The second kappa shape index (κ2) is 5.69. The molecule has 2 rings (SSSR count). The zero-order valence-electron chi connectivity index (χ0n) is 11.5. The van der Waals surface area contributed by atoms with Gasteiger partial charge in [-0.25, -0.2) is 9.97 Å². The predicted molar refractivity (Wildman–Crippen MR) is 73.9 cm³/mol. The Balaban J connectivity index is 2.13. The van der Waals surface area contributed by atoms with E-state index in [0.717, 1.165) is 5.82 Å². The molecule has 2 heterocycles. The van der Waals surface area contributed by atoms with Crippen LogP contribution in [0.3, 0.4) is 0 Å². The van der Waals surface area contributed by atoms with Crippen LogP contribution in [0, 0.1) is 5.92 Å². The fourth-order valence-electron chi connectivity index (χ4n) is 1.84. The smallest absolute Gasteiger partial charge is 0.293 e.